The molecule has 1 amide bonds. The number of amides is 1. The van der Waals surface area contributed by atoms with Gasteiger partial charge < -0.3 is 18.8 Å². The lowest BCUT2D eigenvalue weighted by atomic mass is 10.2. The van der Waals surface area contributed by atoms with E-state index < -0.39 is 0 Å². The molecular formula is C26H22N2O4S. The van der Waals surface area contributed by atoms with Crippen LogP contribution in [-0.2, 0) is 11.2 Å². The van der Waals surface area contributed by atoms with Crippen molar-refractivity contribution in [2.24, 2.45) is 0 Å². The standard InChI is InChI=1S/C26H22N2O4S/c29-25(16-20-18-33-26(27-20)23-9-5-13-30-23)28(12-4-8-19-6-2-1-3-7-19)21-10-11-22-24(17-21)32-15-14-31-22/h1-11,13,17-18H,12,14-16H2. The molecule has 6 nitrogen and oxygen atoms in total. The molecule has 7 heteroatoms. The Balaban J connectivity index is 1.38. The van der Waals surface area contributed by atoms with Gasteiger partial charge in [0.1, 0.15) is 13.2 Å². The molecule has 3 heterocycles. The van der Waals surface area contributed by atoms with Crippen molar-refractivity contribution < 1.29 is 18.7 Å². The number of carbonyl (C=O) groups excluding carboxylic acids is 1. The third-order valence-corrected chi connectivity index (χ3v) is 6.06. The molecule has 0 saturated carbocycles. The quantitative estimate of drug-likeness (QED) is 0.368. The van der Waals surface area contributed by atoms with Crippen molar-refractivity contribution in [2.45, 2.75) is 6.42 Å². The van der Waals surface area contributed by atoms with E-state index in [1.54, 1.807) is 11.2 Å². The first-order chi connectivity index (χ1) is 16.3. The van der Waals surface area contributed by atoms with Gasteiger partial charge in [-0.15, -0.1) is 11.3 Å². The average molecular weight is 459 g/mol. The molecule has 166 valence electrons. The van der Waals surface area contributed by atoms with Crippen LogP contribution in [0.4, 0.5) is 5.69 Å². The van der Waals surface area contributed by atoms with Crippen LogP contribution in [0.1, 0.15) is 11.3 Å². The van der Waals surface area contributed by atoms with Gasteiger partial charge in [0.2, 0.25) is 5.91 Å². The number of ether oxygens (including phenoxy) is 2. The van der Waals surface area contributed by atoms with Crippen LogP contribution in [0.15, 0.2) is 82.8 Å². The van der Waals surface area contributed by atoms with Crippen molar-refractivity contribution in [3.05, 3.63) is 89.6 Å². The summed E-state index contributed by atoms with van der Waals surface area (Å²) in [7, 11) is 0. The predicted octanol–water partition coefficient (Wildman–Crippen LogP) is 5.46. The molecule has 0 spiro atoms. The zero-order valence-electron chi connectivity index (χ0n) is 17.8. The average Bonchev–Trinajstić information content (AvgIpc) is 3.54. The maximum Gasteiger partial charge on any atom is 0.233 e. The van der Waals surface area contributed by atoms with Crippen molar-refractivity contribution in [1.29, 1.82) is 0 Å². The van der Waals surface area contributed by atoms with E-state index >= 15 is 0 Å². The van der Waals surface area contributed by atoms with Crippen LogP contribution in [0.5, 0.6) is 11.5 Å². The normalized spacial score (nSPS) is 12.7. The van der Waals surface area contributed by atoms with Crippen LogP contribution >= 0.6 is 11.3 Å². The van der Waals surface area contributed by atoms with Gasteiger partial charge in [-0.3, -0.25) is 4.79 Å². The summed E-state index contributed by atoms with van der Waals surface area (Å²) in [5, 5.41) is 2.66. The first-order valence-corrected chi connectivity index (χ1v) is 11.5. The maximum absolute atomic E-state index is 13.4. The monoisotopic (exact) mass is 458 g/mol. The van der Waals surface area contributed by atoms with Crippen LogP contribution in [-0.4, -0.2) is 30.6 Å². The van der Waals surface area contributed by atoms with E-state index in [9.17, 15) is 4.79 Å². The lowest BCUT2D eigenvalue weighted by molar-refractivity contribution is -0.117. The van der Waals surface area contributed by atoms with E-state index in [0.29, 0.717) is 42.7 Å². The van der Waals surface area contributed by atoms with E-state index in [4.69, 9.17) is 13.9 Å². The third-order valence-electron chi connectivity index (χ3n) is 5.15. The van der Waals surface area contributed by atoms with Crippen LogP contribution in [0, 0.1) is 0 Å². The molecule has 33 heavy (non-hydrogen) atoms. The number of furan rings is 1. The molecule has 1 aliphatic rings. The van der Waals surface area contributed by atoms with Gasteiger partial charge in [0.15, 0.2) is 22.3 Å². The predicted molar refractivity (Wildman–Crippen MR) is 129 cm³/mol. The van der Waals surface area contributed by atoms with Crippen LogP contribution < -0.4 is 14.4 Å². The van der Waals surface area contributed by atoms with E-state index in [-0.39, 0.29) is 12.3 Å². The van der Waals surface area contributed by atoms with Crippen molar-refractivity contribution in [1.82, 2.24) is 4.98 Å². The Hall–Kier alpha value is -3.84. The summed E-state index contributed by atoms with van der Waals surface area (Å²) in [5.74, 6) is 1.99. The molecule has 1 aliphatic heterocycles. The van der Waals surface area contributed by atoms with E-state index in [2.05, 4.69) is 4.98 Å². The number of aromatic nitrogens is 1. The van der Waals surface area contributed by atoms with Gasteiger partial charge in [-0.1, -0.05) is 42.5 Å². The van der Waals surface area contributed by atoms with E-state index in [1.807, 2.05) is 78.2 Å². The van der Waals surface area contributed by atoms with Crippen LogP contribution in [0.3, 0.4) is 0 Å². The van der Waals surface area contributed by atoms with Crippen molar-refractivity contribution in [3.63, 3.8) is 0 Å². The lowest BCUT2D eigenvalue weighted by Gasteiger charge is -2.24. The minimum Gasteiger partial charge on any atom is -0.486 e. The SMILES string of the molecule is O=C(Cc1csc(-c2ccco2)n1)N(CC=Cc1ccccc1)c1ccc2c(c1)OCCO2. The fourth-order valence-corrected chi connectivity index (χ4v) is 4.35. The molecule has 4 aromatic rings. The molecule has 0 saturated heterocycles. The number of benzene rings is 2. The molecule has 0 N–H and O–H groups in total. The topological polar surface area (TPSA) is 64.8 Å². The molecule has 0 atom stereocenters. The highest BCUT2D eigenvalue weighted by atomic mass is 32.1. The van der Waals surface area contributed by atoms with Crippen molar-refractivity contribution >= 4 is 29.0 Å². The number of hydrogen-bond acceptors (Lipinski definition) is 6. The minimum atomic E-state index is -0.0549. The number of carbonyl (C=O) groups is 1. The Bertz CT molecular complexity index is 1250. The van der Waals surface area contributed by atoms with Gasteiger partial charge in [-0.25, -0.2) is 4.98 Å². The molecule has 0 bridgehead atoms. The number of nitrogens with zero attached hydrogens (tertiary/aromatic N) is 2. The summed E-state index contributed by atoms with van der Waals surface area (Å²) < 4.78 is 16.8. The number of thiazole rings is 1. The largest absolute Gasteiger partial charge is 0.486 e. The summed E-state index contributed by atoms with van der Waals surface area (Å²) in [6.45, 7) is 1.44. The fourth-order valence-electron chi connectivity index (χ4n) is 3.56. The summed E-state index contributed by atoms with van der Waals surface area (Å²) in [6, 6.07) is 19.3. The Kier molecular flexibility index (Phi) is 6.21. The Morgan fingerprint density at radius 1 is 1.03 bits per heavy atom. The molecular weight excluding hydrogens is 436 g/mol. The van der Waals surface area contributed by atoms with Gasteiger partial charge in [-0.2, -0.15) is 0 Å². The van der Waals surface area contributed by atoms with E-state index in [0.717, 1.165) is 16.3 Å². The molecule has 0 unspecified atom stereocenters. The maximum atomic E-state index is 13.4. The van der Waals surface area contributed by atoms with Gasteiger partial charge in [-0.05, 0) is 29.8 Å². The minimum absolute atomic E-state index is 0.0549. The zero-order chi connectivity index (χ0) is 22.5. The molecule has 0 fully saturated rings. The number of hydrogen-bond donors (Lipinski definition) is 0. The fraction of sp³-hybridized carbons (Fsp3) is 0.154. The Morgan fingerprint density at radius 2 is 1.88 bits per heavy atom. The first kappa shape index (κ1) is 21.0. The molecule has 2 aromatic carbocycles. The van der Waals surface area contributed by atoms with Gasteiger partial charge >= 0.3 is 0 Å². The van der Waals surface area contributed by atoms with Crippen molar-refractivity contribution in [3.8, 4) is 22.3 Å². The van der Waals surface area contributed by atoms with Crippen LogP contribution in [0.2, 0.25) is 0 Å². The Morgan fingerprint density at radius 3 is 2.70 bits per heavy atom. The summed E-state index contributed by atoms with van der Waals surface area (Å²) in [5.41, 5.74) is 2.55. The molecule has 5 rings (SSSR count). The smallest absolute Gasteiger partial charge is 0.233 e. The highest BCUT2D eigenvalue weighted by Crippen LogP contribution is 2.34. The highest BCUT2D eigenvalue weighted by molar-refractivity contribution is 7.13. The molecule has 0 aliphatic carbocycles. The van der Waals surface area contributed by atoms with Crippen LogP contribution in [0.25, 0.3) is 16.8 Å². The highest BCUT2D eigenvalue weighted by Gasteiger charge is 2.20. The van der Waals surface area contributed by atoms with Gasteiger partial charge in [0.05, 0.1) is 18.4 Å². The second-order valence-corrected chi connectivity index (χ2v) is 8.30. The van der Waals surface area contributed by atoms with Crippen molar-refractivity contribution in [2.75, 3.05) is 24.7 Å². The summed E-state index contributed by atoms with van der Waals surface area (Å²) in [6.07, 6.45) is 5.80. The van der Waals surface area contributed by atoms with E-state index in [1.165, 1.54) is 11.3 Å². The molecule has 2 aromatic heterocycles. The first-order valence-electron chi connectivity index (χ1n) is 10.7. The summed E-state index contributed by atoms with van der Waals surface area (Å²) in [4.78, 5) is 19.7. The number of rotatable bonds is 7. The number of fused-ring (bicyclic) bond motifs is 1. The third kappa shape index (κ3) is 4.99. The second kappa shape index (κ2) is 9.75. The lowest BCUT2D eigenvalue weighted by Crippen LogP contribution is -2.32. The molecule has 0 radical (unpaired) electrons. The second-order valence-electron chi connectivity index (χ2n) is 7.44. The Labute approximate surface area is 195 Å². The number of anilines is 1. The summed E-state index contributed by atoms with van der Waals surface area (Å²) >= 11 is 1.46. The van der Waals surface area contributed by atoms with Gasteiger partial charge in [0.25, 0.3) is 0 Å². The van der Waals surface area contributed by atoms with Gasteiger partial charge in [0, 0.05) is 23.7 Å². The zero-order valence-corrected chi connectivity index (χ0v) is 18.7.